The smallest absolute Gasteiger partial charge is 0.351 e. The minimum Gasteiger partial charge on any atom is -0.494 e. The van der Waals surface area contributed by atoms with Gasteiger partial charge in [0.05, 0.1) is 12.0 Å². The van der Waals surface area contributed by atoms with Crippen molar-refractivity contribution in [1.82, 2.24) is 19.5 Å². The zero-order valence-corrected chi connectivity index (χ0v) is 26.4. The number of hydrogen-bond donors (Lipinski definition) is 7. The average molecular weight is 713 g/mol. The first-order valence-corrected chi connectivity index (χ1v) is 16.6. The van der Waals surface area contributed by atoms with Gasteiger partial charge in [-0.3, -0.25) is 23.5 Å². The molecule has 0 aliphatic heterocycles. The molecule has 20 nitrogen and oxygen atoms in total. The predicted octanol–water partition coefficient (Wildman–Crippen LogP) is 3.33. The number of pyridine rings is 1. The number of benzene rings is 2. The quantitative estimate of drug-likeness (QED) is 0.0344. The third-order valence-electron chi connectivity index (χ3n) is 6.10. The van der Waals surface area contributed by atoms with Crippen molar-refractivity contribution in [2.45, 2.75) is 35.9 Å². The van der Waals surface area contributed by atoms with E-state index in [1.165, 1.54) is 19.9 Å². The van der Waals surface area contributed by atoms with Crippen molar-refractivity contribution >= 4 is 66.9 Å². The number of nitrogens with one attached hydrogen (secondary N) is 3. The SMILES string of the molecule is CCn1c(O)c(CS(=O)(=O)O)c(C)c(N=Nc2cc(Nc3nc(Nc4ccc(SOOO)cc4)nc(=O)[nH]3)ccc2S(=O)(=O)O)c1=O. The summed E-state index contributed by atoms with van der Waals surface area (Å²) < 4.78 is 71.5. The molecule has 0 fully saturated rings. The van der Waals surface area contributed by atoms with Crippen molar-refractivity contribution in [3.05, 3.63) is 74.4 Å². The molecule has 0 spiro atoms. The van der Waals surface area contributed by atoms with Crippen molar-refractivity contribution in [2.24, 2.45) is 10.2 Å². The molecule has 0 saturated carbocycles. The molecule has 0 atom stereocenters. The zero-order valence-electron chi connectivity index (χ0n) is 24.0. The number of rotatable bonds is 13. The van der Waals surface area contributed by atoms with Crippen molar-refractivity contribution in [2.75, 3.05) is 10.6 Å². The van der Waals surface area contributed by atoms with Crippen LogP contribution >= 0.6 is 12.0 Å². The van der Waals surface area contributed by atoms with Crippen LogP contribution in [0, 0.1) is 6.92 Å². The molecular weight excluding hydrogens is 689 g/mol. The summed E-state index contributed by atoms with van der Waals surface area (Å²) in [6, 6.07) is 9.60. The Morgan fingerprint density at radius 3 is 2.30 bits per heavy atom. The maximum atomic E-state index is 13.0. The number of nitrogens with zero attached hydrogens (tertiary/aromatic N) is 5. The highest BCUT2D eigenvalue weighted by Gasteiger charge is 2.23. The van der Waals surface area contributed by atoms with Crippen LogP contribution in [0.15, 0.2) is 72.1 Å². The average Bonchev–Trinajstić information content (AvgIpc) is 2.98. The Morgan fingerprint density at radius 1 is 1.00 bits per heavy atom. The highest BCUT2D eigenvalue weighted by molar-refractivity contribution is 7.94. The molecule has 0 aliphatic rings. The number of anilines is 4. The summed E-state index contributed by atoms with van der Waals surface area (Å²) in [6.07, 6.45) is 0. The van der Waals surface area contributed by atoms with Crippen molar-refractivity contribution in [3.63, 3.8) is 0 Å². The van der Waals surface area contributed by atoms with E-state index in [0.717, 1.165) is 28.7 Å². The first-order chi connectivity index (χ1) is 22.1. The second-order valence-corrected chi connectivity index (χ2v) is 12.9. The van der Waals surface area contributed by atoms with Crippen molar-refractivity contribution in [1.29, 1.82) is 0 Å². The van der Waals surface area contributed by atoms with Gasteiger partial charge in [-0.1, -0.05) is 5.04 Å². The minimum atomic E-state index is -4.90. The van der Waals surface area contributed by atoms with E-state index in [0.29, 0.717) is 10.6 Å². The molecule has 7 N–H and O–H groups in total. The molecule has 4 aromatic rings. The summed E-state index contributed by atoms with van der Waals surface area (Å²) >= 11 is 0.732. The predicted molar refractivity (Wildman–Crippen MR) is 165 cm³/mol. The van der Waals surface area contributed by atoms with Crippen LogP contribution < -0.4 is 21.9 Å². The van der Waals surface area contributed by atoms with Gasteiger partial charge in [0, 0.05) is 28.4 Å². The lowest BCUT2D eigenvalue weighted by atomic mass is 10.1. The summed E-state index contributed by atoms with van der Waals surface area (Å²) in [5, 5.41) is 35.4. The topological polar surface area (TPSA) is 297 Å². The normalized spacial score (nSPS) is 12.0. The molecule has 2 aromatic carbocycles. The van der Waals surface area contributed by atoms with Gasteiger partial charge in [-0.25, -0.2) is 10.1 Å². The molecule has 250 valence electrons. The van der Waals surface area contributed by atoms with Crippen molar-refractivity contribution in [3.8, 4) is 5.88 Å². The number of azo groups is 1. The van der Waals surface area contributed by atoms with Crippen LogP contribution in [0.3, 0.4) is 0 Å². The molecule has 23 heteroatoms. The van der Waals surface area contributed by atoms with Crippen LogP contribution in [0.5, 0.6) is 5.88 Å². The molecular formula is C24H24N8O12S3. The third kappa shape index (κ3) is 8.95. The van der Waals surface area contributed by atoms with Gasteiger partial charge < -0.3 is 15.7 Å². The second kappa shape index (κ2) is 14.3. The van der Waals surface area contributed by atoms with Crippen LogP contribution in [0.2, 0.25) is 0 Å². The molecule has 2 heterocycles. The first-order valence-electron chi connectivity index (χ1n) is 12.8. The lowest BCUT2D eigenvalue weighted by Gasteiger charge is -2.14. The zero-order chi connectivity index (χ0) is 34.5. The Morgan fingerprint density at radius 2 is 1.68 bits per heavy atom. The van der Waals surface area contributed by atoms with Crippen LogP contribution in [-0.4, -0.2) is 55.8 Å². The van der Waals surface area contributed by atoms with Crippen LogP contribution in [0.4, 0.5) is 34.6 Å². The maximum Gasteiger partial charge on any atom is 0.351 e. The Balaban J connectivity index is 1.70. The van der Waals surface area contributed by atoms with Gasteiger partial charge in [0.1, 0.15) is 16.3 Å². The van der Waals surface area contributed by atoms with E-state index in [2.05, 4.69) is 45.2 Å². The highest BCUT2D eigenvalue weighted by Crippen LogP contribution is 2.33. The molecule has 0 bridgehead atoms. The van der Waals surface area contributed by atoms with Crippen LogP contribution in [0.1, 0.15) is 18.1 Å². The van der Waals surface area contributed by atoms with Gasteiger partial charge in [-0.05, 0) is 61.9 Å². The minimum absolute atomic E-state index is 0.0691. The van der Waals surface area contributed by atoms with Crippen LogP contribution in [-0.2, 0) is 41.9 Å². The Bertz CT molecular complexity index is 2170. The number of H-pyrrole nitrogens is 1. The standard InChI is InChI=1S/C24H24N8O12S3/c1-3-32-20(33)16(11-46(37,38)39)12(2)19(21(32)34)31-30-17-10-14(6-9-18(17)47(40,41)42)26-23-27-22(28-24(35)29-23)25-13-4-7-15(8-5-13)45-44-43-36/h4-10,33,36H,3,11H2,1-2H3,(H,37,38,39)(H,40,41,42)(H3,25,26,27,28,29,35). The summed E-state index contributed by atoms with van der Waals surface area (Å²) in [5.41, 5.74) is -2.69. The van der Waals surface area contributed by atoms with Gasteiger partial charge in [-0.2, -0.15) is 26.8 Å². The third-order valence-corrected chi connectivity index (χ3v) is 8.25. The summed E-state index contributed by atoms with van der Waals surface area (Å²) in [6.45, 7) is 2.58. The number of aromatic hydroxyl groups is 1. The van der Waals surface area contributed by atoms with E-state index in [9.17, 15) is 40.6 Å². The molecule has 0 radical (unpaired) electrons. The summed E-state index contributed by atoms with van der Waals surface area (Å²) in [5.74, 6) is -2.08. The number of aromatic nitrogens is 4. The number of hydrogen-bond acceptors (Lipinski definition) is 17. The van der Waals surface area contributed by atoms with E-state index >= 15 is 0 Å². The fourth-order valence-electron chi connectivity index (χ4n) is 4.03. The Hall–Kier alpha value is -4.75. The Labute approximate surface area is 268 Å². The first kappa shape index (κ1) is 35.1. The van der Waals surface area contributed by atoms with E-state index in [1.807, 2.05) is 0 Å². The van der Waals surface area contributed by atoms with E-state index in [1.54, 1.807) is 24.3 Å². The lowest BCUT2D eigenvalue weighted by molar-refractivity contribution is -0.432. The molecule has 0 aliphatic carbocycles. The second-order valence-electron chi connectivity index (χ2n) is 9.24. The van der Waals surface area contributed by atoms with Crippen LogP contribution in [0.25, 0.3) is 0 Å². The molecule has 0 saturated heterocycles. The van der Waals surface area contributed by atoms with Gasteiger partial charge in [0.15, 0.2) is 11.6 Å². The highest BCUT2D eigenvalue weighted by atomic mass is 32.2. The summed E-state index contributed by atoms with van der Waals surface area (Å²) in [7, 11) is -9.56. The fourth-order valence-corrected chi connectivity index (χ4v) is 5.70. The number of aromatic amines is 1. The van der Waals surface area contributed by atoms with E-state index in [-0.39, 0.29) is 35.3 Å². The van der Waals surface area contributed by atoms with E-state index in [4.69, 9.17) is 5.26 Å². The van der Waals surface area contributed by atoms with Gasteiger partial charge in [0.2, 0.25) is 11.9 Å². The van der Waals surface area contributed by atoms with Crippen molar-refractivity contribution < 1.29 is 45.7 Å². The van der Waals surface area contributed by atoms with Gasteiger partial charge in [0.25, 0.3) is 25.8 Å². The summed E-state index contributed by atoms with van der Waals surface area (Å²) in [4.78, 5) is 35.3. The molecule has 4 rings (SSSR count). The fraction of sp³-hybridized carbons (Fsp3) is 0.167. The lowest BCUT2D eigenvalue weighted by Crippen LogP contribution is -2.22. The van der Waals surface area contributed by atoms with Gasteiger partial charge in [-0.15, -0.1) is 14.6 Å². The van der Waals surface area contributed by atoms with Gasteiger partial charge >= 0.3 is 5.69 Å². The molecule has 2 aromatic heterocycles. The Kier molecular flexibility index (Phi) is 10.7. The molecule has 0 unspecified atom stereocenters. The maximum absolute atomic E-state index is 13.0. The molecule has 47 heavy (non-hydrogen) atoms. The monoisotopic (exact) mass is 712 g/mol. The molecule has 0 amide bonds. The largest absolute Gasteiger partial charge is 0.494 e. The van der Waals surface area contributed by atoms with E-state index < -0.39 is 59.4 Å².